The van der Waals surface area contributed by atoms with Gasteiger partial charge in [0, 0.05) is 21.9 Å². The SMILES string of the molecule is C=C/C=C(\C=C)c1nc(-c2ccccc2)nc(-n2c3c4c5c6c(ccc52)-c2ccccc2C6(c2ccccc2)C2=CCCC24CC=C3)n1. The first-order chi connectivity index (χ1) is 23.7. The van der Waals surface area contributed by atoms with Gasteiger partial charge in [-0.2, -0.15) is 9.97 Å². The Kier molecular flexibility index (Phi) is 5.58. The van der Waals surface area contributed by atoms with E-state index in [2.05, 4.69) is 103 Å². The molecular formula is C44H32N4. The quantitative estimate of drug-likeness (QED) is 0.138. The van der Waals surface area contributed by atoms with Gasteiger partial charge in [0.05, 0.1) is 16.6 Å². The Balaban J connectivity index is 1.37. The molecule has 0 N–H and O–H groups in total. The third-order valence-electron chi connectivity index (χ3n) is 11.1. The van der Waals surface area contributed by atoms with E-state index in [9.17, 15) is 0 Å². The first-order valence-electron chi connectivity index (χ1n) is 16.7. The Hall–Kier alpha value is -5.87. The second-order valence-electron chi connectivity index (χ2n) is 13.2. The van der Waals surface area contributed by atoms with E-state index in [1.165, 1.54) is 50.0 Å². The van der Waals surface area contributed by atoms with Gasteiger partial charge in [-0.3, -0.25) is 4.57 Å². The van der Waals surface area contributed by atoms with Crippen molar-refractivity contribution in [3.05, 3.63) is 180 Å². The maximum Gasteiger partial charge on any atom is 0.238 e. The van der Waals surface area contributed by atoms with Gasteiger partial charge in [-0.25, -0.2) is 4.98 Å². The van der Waals surface area contributed by atoms with Crippen LogP contribution in [0.2, 0.25) is 0 Å². The predicted octanol–water partition coefficient (Wildman–Crippen LogP) is 9.94. The lowest BCUT2D eigenvalue weighted by molar-refractivity contribution is 0.449. The number of benzene rings is 4. The highest BCUT2D eigenvalue weighted by Crippen LogP contribution is 2.70. The van der Waals surface area contributed by atoms with Gasteiger partial charge in [-0.1, -0.05) is 135 Å². The fourth-order valence-corrected chi connectivity index (χ4v) is 9.40. The van der Waals surface area contributed by atoms with Gasteiger partial charge in [-0.05, 0) is 70.4 Å². The van der Waals surface area contributed by atoms with Gasteiger partial charge in [0.1, 0.15) is 0 Å². The van der Waals surface area contributed by atoms with Crippen LogP contribution in [0.15, 0.2) is 146 Å². The molecule has 0 saturated heterocycles. The van der Waals surface area contributed by atoms with Crippen LogP contribution in [0.1, 0.15) is 53.0 Å². The summed E-state index contributed by atoms with van der Waals surface area (Å²) >= 11 is 0. The van der Waals surface area contributed by atoms with E-state index in [0.29, 0.717) is 17.6 Å². The van der Waals surface area contributed by atoms with Crippen LogP contribution in [0.25, 0.3) is 51.0 Å². The van der Waals surface area contributed by atoms with Gasteiger partial charge in [0.15, 0.2) is 11.6 Å². The zero-order chi connectivity index (χ0) is 32.0. The Morgan fingerprint density at radius 1 is 0.792 bits per heavy atom. The summed E-state index contributed by atoms with van der Waals surface area (Å²) in [5.74, 6) is 1.80. The standard InChI is InChI=1S/C44H32N4/c1-3-15-28(4-2)40-45-41(29-16-7-5-8-17-29)47-42(46-40)48-34-25-24-32-31-20-11-12-21-33(31)44(30-18-9-6-10-19-30)36-23-14-27-43(36)26-13-22-35(48)39(43)37(34)38(32)44/h3-13,15-25H,1-2,14,26-27H2/b28-15+. The van der Waals surface area contributed by atoms with Gasteiger partial charge in [0.25, 0.3) is 0 Å². The molecule has 2 aromatic heterocycles. The van der Waals surface area contributed by atoms with Crippen molar-refractivity contribution in [1.29, 1.82) is 0 Å². The summed E-state index contributed by atoms with van der Waals surface area (Å²) < 4.78 is 2.30. The van der Waals surface area contributed by atoms with E-state index >= 15 is 0 Å². The smallest absolute Gasteiger partial charge is 0.238 e. The number of nitrogens with zero attached hydrogens (tertiary/aromatic N) is 4. The van der Waals surface area contributed by atoms with Crippen LogP contribution in [0.3, 0.4) is 0 Å². The molecule has 6 aromatic rings. The van der Waals surface area contributed by atoms with E-state index in [1.54, 1.807) is 12.2 Å². The normalized spacial score (nSPS) is 21.2. The fraction of sp³-hybridized carbons (Fsp3) is 0.114. The monoisotopic (exact) mass is 616 g/mol. The van der Waals surface area contributed by atoms with Crippen molar-refractivity contribution in [2.75, 3.05) is 0 Å². The molecule has 0 aliphatic heterocycles. The van der Waals surface area contributed by atoms with E-state index in [0.717, 1.165) is 35.9 Å². The number of hydrogen-bond donors (Lipinski definition) is 0. The summed E-state index contributed by atoms with van der Waals surface area (Å²) in [5, 5.41) is 1.35. The second-order valence-corrected chi connectivity index (χ2v) is 13.2. The molecule has 4 aliphatic rings. The molecule has 2 heterocycles. The highest BCUT2D eigenvalue weighted by Gasteiger charge is 2.61. The minimum absolute atomic E-state index is 0.125. The predicted molar refractivity (Wildman–Crippen MR) is 195 cm³/mol. The number of rotatable bonds is 6. The maximum absolute atomic E-state index is 5.22. The highest BCUT2D eigenvalue weighted by atomic mass is 15.2. The molecule has 1 spiro atoms. The summed E-state index contributed by atoms with van der Waals surface area (Å²) in [6, 6.07) is 35.1. The van der Waals surface area contributed by atoms with Crippen molar-refractivity contribution in [2.24, 2.45) is 0 Å². The van der Waals surface area contributed by atoms with Crippen LogP contribution in [-0.4, -0.2) is 19.5 Å². The third-order valence-corrected chi connectivity index (χ3v) is 11.1. The number of allylic oxidation sites excluding steroid dienone is 7. The first-order valence-corrected chi connectivity index (χ1v) is 16.7. The topological polar surface area (TPSA) is 43.6 Å². The van der Waals surface area contributed by atoms with Crippen LogP contribution >= 0.6 is 0 Å². The number of aromatic nitrogens is 4. The number of hydrogen-bond acceptors (Lipinski definition) is 3. The molecule has 10 rings (SSSR count). The molecule has 4 heteroatoms. The Bertz CT molecular complexity index is 2460. The second kappa shape index (κ2) is 9.82. The summed E-state index contributed by atoms with van der Waals surface area (Å²) in [5.41, 5.74) is 13.3. The van der Waals surface area contributed by atoms with E-state index in [-0.39, 0.29) is 10.8 Å². The average Bonchev–Trinajstić information content (AvgIpc) is 3.81. The summed E-state index contributed by atoms with van der Waals surface area (Å²) in [4.78, 5) is 15.4. The summed E-state index contributed by atoms with van der Waals surface area (Å²) in [6.45, 7) is 8.01. The van der Waals surface area contributed by atoms with Gasteiger partial charge >= 0.3 is 0 Å². The maximum atomic E-state index is 5.22. The summed E-state index contributed by atoms with van der Waals surface area (Å²) in [6.07, 6.45) is 15.8. The minimum atomic E-state index is -0.368. The van der Waals surface area contributed by atoms with Gasteiger partial charge in [-0.15, -0.1) is 0 Å². The van der Waals surface area contributed by atoms with Crippen LogP contribution in [0.4, 0.5) is 0 Å². The molecule has 0 amide bonds. The van der Waals surface area contributed by atoms with Crippen molar-refractivity contribution in [2.45, 2.75) is 30.1 Å². The fourth-order valence-electron chi connectivity index (χ4n) is 9.40. The van der Waals surface area contributed by atoms with Crippen molar-refractivity contribution >= 4 is 22.6 Å². The average molecular weight is 617 g/mol. The molecule has 4 nitrogen and oxygen atoms in total. The molecule has 0 radical (unpaired) electrons. The molecule has 0 saturated carbocycles. The molecule has 4 aromatic carbocycles. The molecule has 0 fully saturated rings. The van der Waals surface area contributed by atoms with Crippen molar-refractivity contribution < 1.29 is 0 Å². The molecule has 228 valence electrons. The van der Waals surface area contributed by atoms with Gasteiger partial charge < -0.3 is 0 Å². The Labute approximate surface area is 279 Å². The molecular weight excluding hydrogens is 585 g/mol. The van der Waals surface area contributed by atoms with Crippen LogP contribution in [-0.2, 0) is 10.8 Å². The lowest BCUT2D eigenvalue weighted by Gasteiger charge is -2.49. The van der Waals surface area contributed by atoms with E-state index < -0.39 is 0 Å². The molecule has 2 atom stereocenters. The van der Waals surface area contributed by atoms with Crippen LogP contribution < -0.4 is 0 Å². The van der Waals surface area contributed by atoms with Crippen LogP contribution in [0, 0.1) is 0 Å². The molecule has 2 unspecified atom stereocenters. The molecule has 4 aliphatic carbocycles. The highest BCUT2D eigenvalue weighted by molar-refractivity contribution is 6.06. The zero-order valence-corrected chi connectivity index (χ0v) is 26.5. The van der Waals surface area contributed by atoms with Crippen molar-refractivity contribution in [3.63, 3.8) is 0 Å². The van der Waals surface area contributed by atoms with Crippen LogP contribution in [0.5, 0.6) is 0 Å². The van der Waals surface area contributed by atoms with Crippen molar-refractivity contribution in [3.8, 4) is 28.5 Å². The molecule has 0 bridgehead atoms. The van der Waals surface area contributed by atoms with Crippen molar-refractivity contribution in [1.82, 2.24) is 19.5 Å². The van der Waals surface area contributed by atoms with E-state index in [1.807, 2.05) is 36.4 Å². The lowest BCUT2D eigenvalue weighted by atomic mass is 9.52. The Morgan fingerprint density at radius 3 is 2.40 bits per heavy atom. The third kappa shape index (κ3) is 3.27. The Morgan fingerprint density at radius 2 is 1.58 bits per heavy atom. The minimum Gasteiger partial charge on any atom is -0.278 e. The lowest BCUT2D eigenvalue weighted by Crippen LogP contribution is -2.43. The van der Waals surface area contributed by atoms with E-state index in [4.69, 9.17) is 15.0 Å². The zero-order valence-electron chi connectivity index (χ0n) is 26.5. The first kappa shape index (κ1) is 27.3. The summed E-state index contributed by atoms with van der Waals surface area (Å²) in [7, 11) is 0. The molecule has 48 heavy (non-hydrogen) atoms. The van der Waals surface area contributed by atoms with Gasteiger partial charge in [0.2, 0.25) is 5.95 Å². The largest absolute Gasteiger partial charge is 0.278 e. The number of fused-ring (bicyclic) bond motifs is 4.